The van der Waals surface area contributed by atoms with Crippen LogP contribution in [0.15, 0.2) is 18.2 Å². The molecule has 0 aliphatic heterocycles. The third kappa shape index (κ3) is 5.27. The average molecular weight is 402 g/mol. The van der Waals surface area contributed by atoms with E-state index in [2.05, 4.69) is 0 Å². The third-order valence-corrected chi connectivity index (χ3v) is 7.09. The van der Waals surface area contributed by atoms with Gasteiger partial charge in [-0.2, -0.15) is 0 Å². The Labute approximate surface area is 164 Å². The van der Waals surface area contributed by atoms with Crippen LogP contribution in [-0.2, 0) is 0 Å². The molecule has 0 amide bonds. The molecular weight excluding hydrogens is 371 g/mol. The van der Waals surface area contributed by atoms with E-state index in [4.69, 9.17) is 0 Å². The lowest BCUT2D eigenvalue weighted by molar-refractivity contribution is 0.0476. The molecule has 0 aromatic heterocycles. The Morgan fingerprint density at radius 2 is 1.46 bits per heavy atom. The van der Waals surface area contributed by atoms with Crippen molar-refractivity contribution in [1.29, 1.82) is 0 Å². The monoisotopic (exact) mass is 402 g/mol. The predicted molar refractivity (Wildman–Crippen MR) is 102 cm³/mol. The highest BCUT2D eigenvalue weighted by atomic mass is 19.3. The lowest BCUT2D eigenvalue weighted by atomic mass is 9.68. The smallest absolute Gasteiger partial charge is 0.251 e. The van der Waals surface area contributed by atoms with Crippen LogP contribution >= 0.6 is 0 Å². The van der Waals surface area contributed by atoms with Crippen LogP contribution in [0.4, 0.5) is 22.0 Å². The Hall–Kier alpha value is -1.13. The summed E-state index contributed by atoms with van der Waals surface area (Å²) in [7, 11) is 0. The second kappa shape index (κ2) is 10.1. The SMILES string of the molecule is FCCCC1CCC(C2CCC(c3ccc(C(F)C(F)F)c(F)c3)CC2)CC1. The van der Waals surface area contributed by atoms with Crippen molar-refractivity contribution in [2.24, 2.45) is 17.8 Å². The Morgan fingerprint density at radius 1 is 0.857 bits per heavy atom. The quantitative estimate of drug-likeness (QED) is 0.406. The van der Waals surface area contributed by atoms with Gasteiger partial charge in [-0.25, -0.2) is 17.6 Å². The van der Waals surface area contributed by atoms with E-state index in [0.717, 1.165) is 43.6 Å². The van der Waals surface area contributed by atoms with Gasteiger partial charge in [-0.3, -0.25) is 4.39 Å². The Balaban J connectivity index is 1.50. The van der Waals surface area contributed by atoms with Crippen molar-refractivity contribution in [1.82, 2.24) is 0 Å². The van der Waals surface area contributed by atoms with E-state index < -0.39 is 24.0 Å². The van der Waals surface area contributed by atoms with Crippen LogP contribution in [0, 0.1) is 23.6 Å². The zero-order chi connectivity index (χ0) is 20.1. The summed E-state index contributed by atoms with van der Waals surface area (Å²) in [6, 6.07) is 4.06. The fourth-order valence-electron chi connectivity index (χ4n) is 5.39. The van der Waals surface area contributed by atoms with Crippen LogP contribution < -0.4 is 0 Å². The Kier molecular flexibility index (Phi) is 7.76. The molecule has 0 spiro atoms. The van der Waals surface area contributed by atoms with Gasteiger partial charge < -0.3 is 0 Å². The molecule has 1 atom stereocenters. The second-order valence-corrected chi connectivity index (χ2v) is 8.74. The summed E-state index contributed by atoms with van der Waals surface area (Å²) in [6.07, 6.45) is 5.00. The van der Waals surface area contributed by atoms with E-state index in [1.165, 1.54) is 37.8 Å². The zero-order valence-corrected chi connectivity index (χ0v) is 16.4. The lowest BCUT2D eigenvalue weighted by Gasteiger charge is -2.38. The maximum atomic E-state index is 14.1. The Morgan fingerprint density at radius 3 is 2.00 bits per heavy atom. The van der Waals surface area contributed by atoms with Gasteiger partial charge in [0.15, 0.2) is 6.17 Å². The summed E-state index contributed by atoms with van der Waals surface area (Å²) >= 11 is 0. The molecule has 1 unspecified atom stereocenters. The van der Waals surface area contributed by atoms with Crippen molar-refractivity contribution in [3.8, 4) is 0 Å². The first-order valence-corrected chi connectivity index (χ1v) is 10.8. The maximum Gasteiger partial charge on any atom is 0.273 e. The molecule has 158 valence electrons. The first-order valence-electron chi connectivity index (χ1n) is 10.8. The van der Waals surface area contributed by atoms with Gasteiger partial charge in [-0.15, -0.1) is 0 Å². The summed E-state index contributed by atoms with van der Waals surface area (Å²) in [6.45, 7) is -0.209. The molecule has 2 aliphatic carbocycles. The number of benzene rings is 1. The molecule has 2 aliphatic rings. The molecule has 3 rings (SSSR count). The summed E-state index contributed by atoms with van der Waals surface area (Å²) in [4.78, 5) is 0. The minimum atomic E-state index is -3.21. The van der Waals surface area contributed by atoms with Gasteiger partial charge in [0, 0.05) is 5.56 Å². The van der Waals surface area contributed by atoms with Crippen LogP contribution in [-0.4, -0.2) is 13.1 Å². The molecule has 2 fully saturated rings. The Bertz CT molecular complexity index is 601. The number of alkyl halides is 4. The molecule has 2 saturated carbocycles. The topological polar surface area (TPSA) is 0 Å². The molecule has 5 heteroatoms. The third-order valence-electron chi connectivity index (χ3n) is 7.09. The van der Waals surface area contributed by atoms with E-state index in [-0.39, 0.29) is 12.6 Å². The van der Waals surface area contributed by atoms with E-state index >= 15 is 0 Å². The molecule has 0 nitrogen and oxygen atoms in total. The minimum Gasteiger partial charge on any atom is -0.251 e. The standard InChI is InChI=1S/C23H31F5/c24-13-1-2-15-3-5-16(6-4-15)17-7-9-18(10-8-17)19-11-12-20(21(25)14-19)22(26)23(27)28/h11-12,14-18,22-23H,1-10,13H2. The van der Waals surface area contributed by atoms with Gasteiger partial charge in [0.1, 0.15) is 5.82 Å². The molecule has 1 aromatic carbocycles. The van der Waals surface area contributed by atoms with Gasteiger partial charge in [-0.05, 0) is 86.7 Å². The molecule has 0 bridgehead atoms. The van der Waals surface area contributed by atoms with Gasteiger partial charge in [0.05, 0.1) is 6.67 Å². The van der Waals surface area contributed by atoms with E-state index in [1.807, 2.05) is 0 Å². The van der Waals surface area contributed by atoms with Gasteiger partial charge in [0.25, 0.3) is 6.43 Å². The normalized spacial score (nSPS) is 29.8. The molecule has 0 N–H and O–H groups in total. The second-order valence-electron chi connectivity index (χ2n) is 8.74. The van der Waals surface area contributed by atoms with Crippen LogP contribution in [0.25, 0.3) is 0 Å². The number of rotatable bonds is 7. The predicted octanol–water partition coefficient (Wildman–Crippen LogP) is 7.93. The largest absolute Gasteiger partial charge is 0.273 e. The van der Waals surface area contributed by atoms with Crippen molar-refractivity contribution < 1.29 is 22.0 Å². The molecule has 0 radical (unpaired) electrons. The highest BCUT2D eigenvalue weighted by Crippen LogP contribution is 2.44. The number of hydrogen-bond acceptors (Lipinski definition) is 0. The number of hydrogen-bond donors (Lipinski definition) is 0. The summed E-state index contributed by atoms with van der Waals surface area (Å²) < 4.78 is 64.9. The average Bonchev–Trinajstić information content (AvgIpc) is 2.72. The highest BCUT2D eigenvalue weighted by molar-refractivity contribution is 5.29. The first kappa shape index (κ1) is 21.6. The summed E-state index contributed by atoms with van der Waals surface area (Å²) in [5, 5.41) is 0. The number of halogens is 5. The van der Waals surface area contributed by atoms with Crippen molar-refractivity contribution in [3.05, 3.63) is 35.1 Å². The molecule has 0 heterocycles. The molecule has 28 heavy (non-hydrogen) atoms. The molecule has 1 aromatic rings. The van der Waals surface area contributed by atoms with E-state index in [0.29, 0.717) is 18.3 Å². The zero-order valence-electron chi connectivity index (χ0n) is 16.4. The molecule has 0 saturated heterocycles. The van der Waals surface area contributed by atoms with Crippen LogP contribution in [0.1, 0.15) is 87.4 Å². The van der Waals surface area contributed by atoms with E-state index in [1.54, 1.807) is 6.07 Å². The minimum absolute atomic E-state index is 0.209. The van der Waals surface area contributed by atoms with Crippen molar-refractivity contribution >= 4 is 0 Å². The van der Waals surface area contributed by atoms with Gasteiger partial charge in [-0.1, -0.05) is 25.0 Å². The lowest BCUT2D eigenvalue weighted by Crippen LogP contribution is -2.25. The van der Waals surface area contributed by atoms with E-state index in [9.17, 15) is 22.0 Å². The fraction of sp³-hybridized carbons (Fsp3) is 0.739. The van der Waals surface area contributed by atoms with Crippen molar-refractivity contribution in [3.63, 3.8) is 0 Å². The molecular formula is C23H31F5. The van der Waals surface area contributed by atoms with Crippen LogP contribution in [0.3, 0.4) is 0 Å². The summed E-state index contributed by atoms with van der Waals surface area (Å²) in [5.74, 6) is 1.51. The first-order chi connectivity index (χ1) is 13.5. The van der Waals surface area contributed by atoms with Gasteiger partial charge in [0.2, 0.25) is 0 Å². The summed E-state index contributed by atoms with van der Waals surface area (Å²) in [5.41, 5.74) is 0.257. The van der Waals surface area contributed by atoms with Crippen molar-refractivity contribution in [2.45, 2.75) is 82.7 Å². The van der Waals surface area contributed by atoms with Crippen LogP contribution in [0.5, 0.6) is 0 Å². The van der Waals surface area contributed by atoms with Gasteiger partial charge >= 0.3 is 0 Å². The fourth-order valence-corrected chi connectivity index (χ4v) is 5.39. The highest BCUT2D eigenvalue weighted by Gasteiger charge is 2.32. The maximum absolute atomic E-state index is 14.1. The van der Waals surface area contributed by atoms with Crippen LogP contribution in [0.2, 0.25) is 0 Å². The van der Waals surface area contributed by atoms with Crippen molar-refractivity contribution in [2.75, 3.05) is 6.67 Å².